The number of amides is 2. The average Bonchev–Trinajstić information content (AvgIpc) is 2.52. The number of hydrogen-bond acceptors (Lipinski definition) is 4. The summed E-state index contributed by atoms with van der Waals surface area (Å²) in [6, 6.07) is 6.17. The van der Waals surface area contributed by atoms with Crippen molar-refractivity contribution in [3.05, 3.63) is 57.1 Å². The summed E-state index contributed by atoms with van der Waals surface area (Å²) in [6.45, 7) is 0.138. The molecule has 9 heteroatoms. The molecule has 2 aromatic rings. The second-order valence-corrected chi connectivity index (χ2v) is 5.70. The molecule has 0 bridgehead atoms. The minimum atomic E-state index is -0.754. The van der Waals surface area contributed by atoms with E-state index < -0.39 is 12.0 Å². The number of nitrogens with one attached hydrogen (secondary N) is 2. The molecule has 7 nitrogen and oxygen atoms in total. The lowest BCUT2D eigenvalue weighted by Crippen LogP contribution is -2.30. The zero-order valence-corrected chi connectivity index (χ0v) is 14.1. The minimum absolute atomic E-state index is 0.00740. The van der Waals surface area contributed by atoms with Gasteiger partial charge in [-0.2, -0.15) is 0 Å². The number of benzene rings is 1. The van der Waals surface area contributed by atoms with Crippen molar-refractivity contribution in [3.63, 3.8) is 0 Å². The third kappa shape index (κ3) is 4.06. The highest BCUT2D eigenvalue weighted by Crippen LogP contribution is 2.22. The number of anilines is 1. The molecule has 4 N–H and O–H groups in total. The highest BCUT2D eigenvalue weighted by atomic mass is 35.5. The number of methoxy groups -OCH3 is 1. The van der Waals surface area contributed by atoms with Crippen molar-refractivity contribution < 1.29 is 14.3 Å². The molecular weight excluding hydrogens is 355 g/mol. The number of rotatable bonds is 4. The molecule has 0 fully saturated rings. The summed E-state index contributed by atoms with van der Waals surface area (Å²) in [6.07, 6.45) is 0.845. The summed E-state index contributed by atoms with van der Waals surface area (Å²) >= 11 is 12.0. The molecule has 0 aliphatic heterocycles. The van der Waals surface area contributed by atoms with Crippen molar-refractivity contribution in [2.75, 3.05) is 12.4 Å². The zero-order valence-electron chi connectivity index (χ0n) is 12.6. The van der Waals surface area contributed by atoms with Gasteiger partial charge in [0.05, 0.1) is 24.2 Å². The van der Waals surface area contributed by atoms with Crippen LogP contribution in [0, 0.1) is 5.41 Å². The number of carbonyl (C=O) groups is 2. The van der Waals surface area contributed by atoms with Crippen molar-refractivity contribution in [1.82, 2.24) is 4.57 Å². The van der Waals surface area contributed by atoms with E-state index >= 15 is 0 Å². The van der Waals surface area contributed by atoms with E-state index in [0.29, 0.717) is 16.3 Å². The monoisotopic (exact) mass is 368 g/mol. The molecule has 0 spiro atoms. The van der Waals surface area contributed by atoms with E-state index in [-0.39, 0.29) is 22.6 Å². The molecular formula is C15H14Cl2N4O3. The Labute approximate surface area is 147 Å². The fraction of sp³-hybridized carbons (Fsp3) is 0.133. The highest BCUT2D eigenvalue weighted by Gasteiger charge is 2.12. The maximum atomic E-state index is 11.4. The van der Waals surface area contributed by atoms with Crippen LogP contribution in [-0.2, 0) is 11.3 Å². The lowest BCUT2D eigenvalue weighted by molar-refractivity contribution is 0.0997. The van der Waals surface area contributed by atoms with Crippen molar-refractivity contribution >= 4 is 40.9 Å². The SMILES string of the molecule is COC(=O)Nc1ccc(Cl)cc1Cn1cc(Cl)cc(C(N)=O)c1=N. The molecule has 0 radical (unpaired) electrons. The Morgan fingerprint density at radius 1 is 1.29 bits per heavy atom. The fourth-order valence-electron chi connectivity index (χ4n) is 2.08. The van der Waals surface area contributed by atoms with Gasteiger partial charge >= 0.3 is 6.09 Å². The van der Waals surface area contributed by atoms with E-state index in [9.17, 15) is 9.59 Å². The zero-order chi connectivity index (χ0) is 17.9. The van der Waals surface area contributed by atoms with Gasteiger partial charge in [-0.1, -0.05) is 23.2 Å². The van der Waals surface area contributed by atoms with Gasteiger partial charge in [-0.05, 0) is 29.8 Å². The normalized spacial score (nSPS) is 10.3. The Bertz CT molecular complexity index is 864. The van der Waals surface area contributed by atoms with Gasteiger partial charge in [0.25, 0.3) is 5.91 Å². The fourth-order valence-corrected chi connectivity index (χ4v) is 2.51. The van der Waals surface area contributed by atoms with Crippen LogP contribution >= 0.6 is 23.2 Å². The van der Waals surface area contributed by atoms with Gasteiger partial charge in [0.1, 0.15) is 5.49 Å². The van der Waals surface area contributed by atoms with Gasteiger partial charge in [-0.25, -0.2) is 4.79 Å². The molecule has 0 aliphatic rings. The number of halogens is 2. The Kier molecular flexibility index (Phi) is 5.48. The van der Waals surface area contributed by atoms with Gasteiger partial charge in [-0.15, -0.1) is 0 Å². The number of carbonyl (C=O) groups excluding carboxylic acids is 2. The Hall–Kier alpha value is -2.51. The maximum absolute atomic E-state index is 11.4. The first-order valence-electron chi connectivity index (χ1n) is 6.69. The van der Waals surface area contributed by atoms with E-state index in [1.165, 1.54) is 23.9 Å². The predicted molar refractivity (Wildman–Crippen MR) is 90.4 cm³/mol. The Balaban J connectivity index is 2.48. The van der Waals surface area contributed by atoms with E-state index in [1.807, 2.05) is 0 Å². The number of aromatic nitrogens is 1. The van der Waals surface area contributed by atoms with Crippen molar-refractivity contribution in [2.45, 2.75) is 6.54 Å². The van der Waals surface area contributed by atoms with Crippen molar-refractivity contribution in [3.8, 4) is 0 Å². The summed E-state index contributed by atoms with van der Waals surface area (Å²) in [5.74, 6) is -0.754. The number of primary amides is 1. The van der Waals surface area contributed by atoms with Crippen LogP contribution in [-0.4, -0.2) is 23.7 Å². The van der Waals surface area contributed by atoms with Crippen LogP contribution < -0.4 is 16.5 Å². The van der Waals surface area contributed by atoms with Crippen LogP contribution in [0.3, 0.4) is 0 Å². The number of nitrogens with two attached hydrogens (primary N) is 1. The molecule has 24 heavy (non-hydrogen) atoms. The van der Waals surface area contributed by atoms with E-state index in [2.05, 4.69) is 10.1 Å². The molecule has 0 unspecified atom stereocenters. The second-order valence-electron chi connectivity index (χ2n) is 4.83. The van der Waals surface area contributed by atoms with E-state index in [4.69, 9.17) is 34.3 Å². The molecule has 126 valence electrons. The smallest absolute Gasteiger partial charge is 0.411 e. The summed E-state index contributed by atoms with van der Waals surface area (Å²) in [5, 5.41) is 11.3. The molecule has 1 aromatic carbocycles. The van der Waals surface area contributed by atoms with Gasteiger partial charge in [0.15, 0.2) is 0 Å². The molecule has 0 aliphatic carbocycles. The summed E-state index contributed by atoms with van der Waals surface area (Å²) in [4.78, 5) is 22.9. The van der Waals surface area contributed by atoms with Crippen LogP contribution in [0.15, 0.2) is 30.5 Å². The van der Waals surface area contributed by atoms with Crippen LogP contribution in [0.25, 0.3) is 0 Å². The molecule has 2 rings (SSSR count). The predicted octanol–water partition coefficient (Wildman–Crippen LogP) is 2.60. The standard InChI is InChI=1S/C15H14Cl2N4O3/c1-24-15(23)20-12-3-2-9(16)4-8(12)6-21-7-10(17)5-11(13(21)18)14(19)22/h2-5,7,18H,6H2,1H3,(H2,19,22)(H,20,23). The van der Waals surface area contributed by atoms with Gasteiger partial charge in [0, 0.05) is 16.9 Å². The summed E-state index contributed by atoms with van der Waals surface area (Å²) < 4.78 is 6.00. The maximum Gasteiger partial charge on any atom is 0.411 e. The first kappa shape index (κ1) is 17.8. The molecule has 0 saturated heterocycles. The van der Waals surface area contributed by atoms with Gasteiger partial charge < -0.3 is 15.0 Å². The average molecular weight is 369 g/mol. The van der Waals surface area contributed by atoms with E-state index in [0.717, 1.165) is 0 Å². The first-order valence-corrected chi connectivity index (χ1v) is 7.45. The second kappa shape index (κ2) is 7.37. The first-order chi connectivity index (χ1) is 11.3. The lowest BCUT2D eigenvalue weighted by Gasteiger charge is -2.14. The molecule has 0 saturated carbocycles. The molecule has 2 amide bonds. The van der Waals surface area contributed by atoms with Crippen LogP contribution in [0.5, 0.6) is 0 Å². The van der Waals surface area contributed by atoms with E-state index in [1.54, 1.807) is 18.2 Å². The number of hydrogen-bond donors (Lipinski definition) is 3. The molecule has 1 aromatic heterocycles. The topological polar surface area (TPSA) is 110 Å². The van der Waals surface area contributed by atoms with Crippen LogP contribution in [0.1, 0.15) is 15.9 Å². The summed E-state index contributed by atoms with van der Waals surface area (Å²) in [5.41, 5.74) is 6.21. The number of ether oxygens (including phenoxy) is 1. The molecule has 1 heterocycles. The third-order valence-electron chi connectivity index (χ3n) is 3.20. The van der Waals surface area contributed by atoms with Crippen LogP contribution in [0.2, 0.25) is 10.0 Å². The van der Waals surface area contributed by atoms with Crippen LogP contribution in [0.4, 0.5) is 10.5 Å². The third-order valence-corrected chi connectivity index (χ3v) is 3.64. The highest BCUT2D eigenvalue weighted by molar-refractivity contribution is 6.31. The Morgan fingerprint density at radius 2 is 2.00 bits per heavy atom. The summed E-state index contributed by atoms with van der Waals surface area (Å²) in [7, 11) is 1.25. The minimum Gasteiger partial charge on any atom is -0.453 e. The molecule has 0 atom stereocenters. The quantitative estimate of drug-likeness (QED) is 0.770. The number of pyridine rings is 1. The van der Waals surface area contributed by atoms with Crippen molar-refractivity contribution in [1.29, 1.82) is 5.41 Å². The lowest BCUT2D eigenvalue weighted by atomic mass is 10.1. The largest absolute Gasteiger partial charge is 0.453 e. The Morgan fingerprint density at radius 3 is 2.62 bits per heavy atom. The van der Waals surface area contributed by atoms with Crippen molar-refractivity contribution in [2.24, 2.45) is 5.73 Å². The number of nitrogens with zero attached hydrogens (tertiary/aromatic N) is 1. The van der Waals surface area contributed by atoms with Gasteiger partial charge in [0.2, 0.25) is 0 Å². The van der Waals surface area contributed by atoms with Gasteiger partial charge in [-0.3, -0.25) is 15.5 Å².